The van der Waals surface area contributed by atoms with E-state index in [1.807, 2.05) is 37.3 Å². The van der Waals surface area contributed by atoms with E-state index < -0.39 is 0 Å². The Bertz CT molecular complexity index is 1270. The Kier molecular flexibility index (Phi) is 7.24. The number of halogens is 1. The lowest BCUT2D eigenvalue weighted by molar-refractivity contribution is 1.28. The monoisotopic (exact) mass is 447 g/mol. The van der Waals surface area contributed by atoms with Crippen LogP contribution in [0.1, 0.15) is 12.5 Å². The number of hydrogen-bond donors (Lipinski definition) is 0. The highest BCUT2D eigenvalue weighted by Gasteiger charge is 2.13. The number of hydrogen-bond acceptors (Lipinski definition) is 1. The third-order valence-corrected chi connectivity index (χ3v) is 5.72. The van der Waals surface area contributed by atoms with E-state index in [0.29, 0.717) is 5.02 Å². The Morgan fingerprint density at radius 1 is 0.727 bits per heavy atom. The van der Waals surface area contributed by atoms with Crippen molar-refractivity contribution in [3.05, 3.63) is 145 Å². The molecule has 33 heavy (non-hydrogen) atoms. The molecule has 0 aliphatic rings. The maximum absolute atomic E-state index is 6.35. The first kappa shape index (κ1) is 22.4. The summed E-state index contributed by atoms with van der Waals surface area (Å²) < 4.78 is 0. The quantitative estimate of drug-likeness (QED) is 0.255. The number of anilines is 3. The minimum Gasteiger partial charge on any atom is -0.310 e. The van der Waals surface area contributed by atoms with Gasteiger partial charge < -0.3 is 4.90 Å². The lowest BCUT2D eigenvalue weighted by Crippen LogP contribution is -2.09. The molecule has 0 N–H and O–H groups in total. The molecule has 0 amide bonds. The lowest BCUT2D eigenvalue weighted by atomic mass is 10.0. The predicted octanol–water partition coefficient (Wildman–Crippen LogP) is 9.62. The summed E-state index contributed by atoms with van der Waals surface area (Å²) in [5.41, 5.74) is 7.86. The molecule has 4 aromatic carbocycles. The molecule has 0 fully saturated rings. The average molecular weight is 448 g/mol. The Morgan fingerprint density at radius 2 is 1.36 bits per heavy atom. The van der Waals surface area contributed by atoms with Crippen LogP contribution in [0.15, 0.2) is 134 Å². The van der Waals surface area contributed by atoms with Crippen LogP contribution in [0.25, 0.3) is 16.7 Å². The van der Waals surface area contributed by atoms with Crippen molar-refractivity contribution in [3.63, 3.8) is 0 Å². The van der Waals surface area contributed by atoms with Crippen LogP contribution in [-0.4, -0.2) is 0 Å². The summed E-state index contributed by atoms with van der Waals surface area (Å²) in [7, 11) is 0. The lowest BCUT2D eigenvalue weighted by Gasteiger charge is -2.26. The molecule has 0 aliphatic heterocycles. The minimum atomic E-state index is 0.709. The van der Waals surface area contributed by atoms with Gasteiger partial charge in [0.05, 0.1) is 0 Å². The summed E-state index contributed by atoms with van der Waals surface area (Å²) in [4.78, 5) is 2.22. The van der Waals surface area contributed by atoms with E-state index in [2.05, 4.69) is 102 Å². The van der Waals surface area contributed by atoms with Gasteiger partial charge in [0.2, 0.25) is 0 Å². The van der Waals surface area contributed by atoms with Crippen molar-refractivity contribution in [1.82, 2.24) is 0 Å². The summed E-state index contributed by atoms with van der Waals surface area (Å²) in [6.07, 6.45) is 7.92. The van der Waals surface area contributed by atoms with Crippen molar-refractivity contribution in [2.24, 2.45) is 0 Å². The van der Waals surface area contributed by atoms with Crippen molar-refractivity contribution >= 4 is 34.2 Å². The van der Waals surface area contributed by atoms with E-state index in [4.69, 9.17) is 11.6 Å². The second-order valence-electron chi connectivity index (χ2n) is 7.61. The molecular formula is C31H26ClN. The molecule has 0 aromatic heterocycles. The molecule has 0 unspecified atom stereocenters. The van der Waals surface area contributed by atoms with E-state index in [-0.39, 0.29) is 0 Å². The van der Waals surface area contributed by atoms with Gasteiger partial charge >= 0.3 is 0 Å². The van der Waals surface area contributed by atoms with Crippen molar-refractivity contribution < 1.29 is 0 Å². The van der Waals surface area contributed by atoms with Gasteiger partial charge in [-0.2, -0.15) is 0 Å². The zero-order valence-electron chi connectivity index (χ0n) is 18.7. The molecule has 0 atom stereocenters. The molecule has 0 saturated carbocycles. The number of allylic oxidation sites excluding steroid dienone is 5. The number of rotatable bonds is 7. The van der Waals surface area contributed by atoms with Gasteiger partial charge in [-0.25, -0.2) is 0 Å². The number of benzene rings is 4. The van der Waals surface area contributed by atoms with Gasteiger partial charge in [-0.1, -0.05) is 103 Å². The Hall–Kier alpha value is -3.81. The van der Waals surface area contributed by atoms with Gasteiger partial charge in [-0.05, 0) is 71.7 Å². The summed E-state index contributed by atoms with van der Waals surface area (Å²) in [5, 5.41) is 0.709. The van der Waals surface area contributed by atoms with Crippen LogP contribution in [-0.2, 0) is 0 Å². The SMILES string of the molecule is C=C/C=C\C(=C/C)c1ccc(N(c2ccc(-c3ccccc3)cc2)c2cccc(Cl)c2)cc1. The van der Waals surface area contributed by atoms with Gasteiger partial charge in [0.15, 0.2) is 0 Å². The molecule has 1 nitrogen and oxygen atoms in total. The smallest absolute Gasteiger partial charge is 0.0476 e. The standard InChI is InChI=1S/C31H26ClN/c1-3-5-10-24(4-2)26-15-19-29(20-16-26)33(31-14-9-13-28(32)23-31)30-21-17-27(18-22-30)25-11-7-6-8-12-25/h3-23H,1H2,2H3/b10-5-,24-4+. The summed E-state index contributed by atoms with van der Waals surface area (Å²) in [6, 6.07) is 35.6. The largest absolute Gasteiger partial charge is 0.310 e. The first-order valence-corrected chi connectivity index (χ1v) is 11.3. The van der Waals surface area contributed by atoms with Crippen molar-refractivity contribution in [1.29, 1.82) is 0 Å². The second-order valence-corrected chi connectivity index (χ2v) is 8.05. The predicted molar refractivity (Wildman–Crippen MR) is 145 cm³/mol. The van der Waals surface area contributed by atoms with Gasteiger partial charge in [-0.3, -0.25) is 0 Å². The van der Waals surface area contributed by atoms with E-state index >= 15 is 0 Å². The highest BCUT2D eigenvalue weighted by atomic mass is 35.5. The topological polar surface area (TPSA) is 3.24 Å². The number of nitrogens with zero attached hydrogens (tertiary/aromatic N) is 1. The molecule has 0 radical (unpaired) electrons. The molecular weight excluding hydrogens is 422 g/mol. The van der Waals surface area contributed by atoms with Crippen LogP contribution >= 0.6 is 11.6 Å². The van der Waals surface area contributed by atoms with E-state index in [1.54, 1.807) is 6.08 Å². The normalized spacial score (nSPS) is 11.5. The fraction of sp³-hybridized carbons (Fsp3) is 0.0323. The second kappa shape index (κ2) is 10.7. The average Bonchev–Trinajstić information content (AvgIpc) is 2.86. The van der Waals surface area contributed by atoms with Crippen molar-refractivity contribution in [3.8, 4) is 11.1 Å². The fourth-order valence-electron chi connectivity index (χ4n) is 3.83. The third-order valence-electron chi connectivity index (χ3n) is 5.48. The first-order valence-electron chi connectivity index (χ1n) is 11.0. The van der Waals surface area contributed by atoms with Crippen LogP contribution in [0, 0.1) is 0 Å². The Balaban J connectivity index is 1.73. The maximum Gasteiger partial charge on any atom is 0.0476 e. The van der Waals surface area contributed by atoms with Crippen LogP contribution in [0.3, 0.4) is 0 Å². The molecule has 0 saturated heterocycles. The van der Waals surface area contributed by atoms with Crippen LogP contribution in [0.2, 0.25) is 5.02 Å². The van der Waals surface area contributed by atoms with E-state index in [1.165, 1.54) is 11.1 Å². The molecule has 4 rings (SSSR count). The van der Waals surface area contributed by atoms with Crippen LogP contribution in [0.5, 0.6) is 0 Å². The summed E-state index contributed by atoms with van der Waals surface area (Å²) in [6.45, 7) is 5.81. The molecule has 0 heterocycles. The zero-order chi connectivity index (χ0) is 23.0. The minimum absolute atomic E-state index is 0.709. The van der Waals surface area contributed by atoms with Crippen molar-refractivity contribution in [2.45, 2.75) is 6.92 Å². The molecule has 0 aliphatic carbocycles. The maximum atomic E-state index is 6.35. The first-order chi connectivity index (χ1) is 16.2. The van der Waals surface area contributed by atoms with Crippen LogP contribution < -0.4 is 4.90 Å². The van der Waals surface area contributed by atoms with Gasteiger partial charge in [-0.15, -0.1) is 0 Å². The van der Waals surface area contributed by atoms with Gasteiger partial charge in [0.25, 0.3) is 0 Å². The molecule has 0 bridgehead atoms. The van der Waals surface area contributed by atoms with Crippen LogP contribution in [0.4, 0.5) is 17.1 Å². The van der Waals surface area contributed by atoms with Gasteiger partial charge in [0, 0.05) is 22.1 Å². The Morgan fingerprint density at radius 3 is 1.97 bits per heavy atom. The molecule has 2 heteroatoms. The zero-order valence-corrected chi connectivity index (χ0v) is 19.4. The summed E-state index contributed by atoms with van der Waals surface area (Å²) in [5.74, 6) is 0. The van der Waals surface area contributed by atoms with Crippen molar-refractivity contribution in [2.75, 3.05) is 4.90 Å². The Labute approximate surface area is 201 Å². The van der Waals surface area contributed by atoms with E-state index in [0.717, 1.165) is 28.2 Å². The molecule has 162 valence electrons. The highest BCUT2D eigenvalue weighted by molar-refractivity contribution is 6.30. The van der Waals surface area contributed by atoms with E-state index in [9.17, 15) is 0 Å². The summed E-state index contributed by atoms with van der Waals surface area (Å²) >= 11 is 6.35. The van der Waals surface area contributed by atoms with Gasteiger partial charge in [0.1, 0.15) is 0 Å². The highest BCUT2D eigenvalue weighted by Crippen LogP contribution is 2.37. The third kappa shape index (κ3) is 5.34. The molecule has 4 aromatic rings. The molecule has 0 spiro atoms. The fourth-order valence-corrected chi connectivity index (χ4v) is 4.01.